The number of carbonyl (C=O) groups excluding carboxylic acids is 2. The van der Waals surface area contributed by atoms with Crippen molar-refractivity contribution in [3.05, 3.63) is 0 Å². The fraction of sp³-hybridized carbons (Fsp3) is 0. The van der Waals surface area contributed by atoms with Crippen LogP contribution in [-0.2, 0) is 9.59 Å². The fourth-order valence-corrected chi connectivity index (χ4v) is 0. The van der Waals surface area contributed by atoms with Gasteiger partial charge < -0.3 is 30.8 Å². The van der Waals surface area contributed by atoms with Gasteiger partial charge in [-0.15, -0.1) is 0 Å². The van der Waals surface area contributed by atoms with Crippen LogP contribution < -0.4 is 10.2 Å². The first-order chi connectivity index (χ1) is 2.83. The van der Waals surface area contributed by atoms with Crippen molar-refractivity contribution in [3.63, 3.8) is 0 Å². The molecule has 0 bridgehead atoms. The van der Waals surface area contributed by atoms with Crippen molar-refractivity contribution < 1.29 is 30.8 Å². The van der Waals surface area contributed by atoms with E-state index in [0.717, 1.165) is 0 Å². The largest absolute Gasteiger partial charge is 2.00 e. The fourth-order valence-electron chi connectivity index (χ4n) is 0. The molecule has 0 rings (SSSR count). The van der Waals surface area contributed by atoms with Crippen molar-refractivity contribution in [1.29, 1.82) is 0 Å². The van der Waals surface area contributed by atoms with E-state index in [9.17, 15) is 0 Å². The van der Waals surface area contributed by atoms with Crippen LogP contribution in [-0.4, -0.2) is 69.4 Å². The maximum atomic E-state index is 8.25. The van der Waals surface area contributed by atoms with E-state index in [4.69, 9.17) is 19.8 Å². The molecule has 0 unspecified atom stereocenters. The summed E-state index contributed by atoms with van der Waals surface area (Å²) in [5.74, 6) is 0. The van der Waals surface area contributed by atoms with E-state index in [0.29, 0.717) is 0 Å². The minimum absolute atomic E-state index is 0. The van der Waals surface area contributed by atoms with Crippen LogP contribution in [0.5, 0.6) is 0 Å². The van der Waals surface area contributed by atoms with Crippen molar-refractivity contribution >= 4 is 58.4 Å². The molecule has 0 saturated heterocycles. The molecular formula is C2H6O6Sr. The summed E-state index contributed by atoms with van der Waals surface area (Å²) < 4.78 is 0. The smallest absolute Gasteiger partial charge is 0.554 e. The molecule has 0 heterocycles. The van der Waals surface area contributed by atoms with Gasteiger partial charge in [0.15, 0.2) is 0 Å². The van der Waals surface area contributed by atoms with Gasteiger partial charge in [-0.2, -0.15) is 0 Å². The number of hydrogen-bond acceptors (Lipinski definition) is 4. The monoisotopic (exact) mass is 214 g/mol. The van der Waals surface area contributed by atoms with Crippen LogP contribution in [0.2, 0.25) is 0 Å². The maximum Gasteiger partial charge on any atom is 2.00 e. The summed E-state index contributed by atoms with van der Waals surface area (Å²) in [6, 6.07) is 0. The summed E-state index contributed by atoms with van der Waals surface area (Å²) >= 11 is 0. The second-order valence-electron chi connectivity index (χ2n) is 0.192. The van der Waals surface area contributed by atoms with E-state index in [1.54, 1.807) is 0 Å². The van der Waals surface area contributed by atoms with Crippen LogP contribution >= 0.6 is 0 Å². The minimum Gasteiger partial charge on any atom is -0.554 e. The SMILES string of the molecule is O.O.O=C[O-].O=C[O-].[Sr+2]. The molecule has 0 aromatic rings. The number of rotatable bonds is 0. The normalized spacial score (nSPS) is 2.67. The molecule has 0 aliphatic rings. The third-order valence-electron chi connectivity index (χ3n) is 0. The second-order valence-corrected chi connectivity index (χ2v) is 0.192. The van der Waals surface area contributed by atoms with Gasteiger partial charge in [0.05, 0.1) is 0 Å². The molecule has 0 amide bonds. The van der Waals surface area contributed by atoms with Crippen molar-refractivity contribution in [2.75, 3.05) is 0 Å². The van der Waals surface area contributed by atoms with Gasteiger partial charge in [0, 0.05) is 12.9 Å². The van der Waals surface area contributed by atoms with E-state index in [-0.39, 0.29) is 56.4 Å². The summed E-state index contributed by atoms with van der Waals surface area (Å²) in [6.07, 6.45) is 0. The van der Waals surface area contributed by atoms with E-state index >= 15 is 0 Å². The molecule has 7 heteroatoms. The molecule has 0 fully saturated rings. The van der Waals surface area contributed by atoms with Gasteiger partial charge in [-0.1, -0.05) is 0 Å². The van der Waals surface area contributed by atoms with Crippen molar-refractivity contribution in [2.24, 2.45) is 0 Å². The van der Waals surface area contributed by atoms with Crippen LogP contribution in [0.3, 0.4) is 0 Å². The van der Waals surface area contributed by atoms with Crippen LogP contribution in [0.15, 0.2) is 0 Å². The third-order valence-corrected chi connectivity index (χ3v) is 0. The Hall–Kier alpha value is 0.341. The van der Waals surface area contributed by atoms with E-state index in [2.05, 4.69) is 0 Å². The first-order valence-electron chi connectivity index (χ1n) is 0.943. The van der Waals surface area contributed by atoms with Gasteiger partial charge in [-0.05, 0) is 0 Å². The van der Waals surface area contributed by atoms with E-state index in [1.165, 1.54) is 0 Å². The molecule has 9 heavy (non-hydrogen) atoms. The standard InChI is InChI=1S/2CH2O2.2H2O.Sr/c2*2-1-3;;;/h2*1H,(H,2,3);2*1H2;/q;;;;+2/p-2. The zero-order valence-corrected chi connectivity index (χ0v) is 7.97. The Balaban J connectivity index is -0.00000000889. The van der Waals surface area contributed by atoms with Crippen LogP contribution in [0, 0.1) is 0 Å². The molecule has 0 aliphatic carbocycles. The average Bonchev–Trinajstić information content (AvgIpc) is 1.39. The van der Waals surface area contributed by atoms with E-state index < -0.39 is 12.9 Å². The summed E-state index contributed by atoms with van der Waals surface area (Å²) in [5.41, 5.74) is 0. The number of carbonyl (C=O) groups is 2. The predicted molar refractivity (Wildman–Crippen MR) is 25.1 cm³/mol. The van der Waals surface area contributed by atoms with E-state index in [1.807, 2.05) is 0 Å². The van der Waals surface area contributed by atoms with Gasteiger partial charge in [0.1, 0.15) is 0 Å². The molecule has 6 nitrogen and oxygen atoms in total. The van der Waals surface area contributed by atoms with Gasteiger partial charge in [-0.25, -0.2) is 0 Å². The first-order valence-corrected chi connectivity index (χ1v) is 0.943. The van der Waals surface area contributed by atoms with Crippen LogP contribution in [0.1, 0.15) is 0 Å². The summed E-state index contributed by atoms with van der Waals surface area (Å²) in [7, 11) is 0. The average molecular weight is 214 g/mol. The van der Waals surface area contributed by atoms with Gasteiger partial charge >= 0.3 is 45.5 Å². The molecular weight excluding hydrogens is 208 g/mol. The summed E-state index contributed by atoms with van der Waals surface area (Å²) in [4.78, 5) is 16.5. The van der Waals surface area contributed by atoms with Crippen molar-refractivity contribution in [1.82, 2.24) is 0 Å². The molecule has 0 atom stereocenters. The van der Waals surface area contributed by atoms with Crippen molar-refractivity contribution in [3.8, 4) is 0 Å². The number of carboxylic acid groups (broad SMARTS) is 2. The molecule has 52 valence electrons. The van der Waals surface area contributed by atoms with Crippen LogP contribution in [0.25, 0.3) is 0 Å². The summed E-state index contributed by atoms with van der Waals surface area (Å²) in [5, 5.41) is 16.5. The predicted octanol–water partition coefficient (Wildman–Crippen LogP) is -5.30. The van der Waals surface area contributed by atoms with Crippen LogP contribution in [0.4, 0.5) is 0 Å². The first kappa shape index (κ1) is 34.5. The molecule has 0 saturated carbocycles. The zero-order chi connectivity index (χ0) is 5.41. The Morgan fingerprint density at radius 2 is 0.889 bits per heavy atom. The molecule has 0 aromatic heterocycles. The van der Waals surface area contributed by atoms with Crippen molar-refractivity contribution in [2.45, 2.75) is 0 Å². The third kappa shape index (κ3) is 2890. The molecule has 0 radical (unpaired) electrons. The minimum atomic E-state index is -0.500. The Bertz CT molecular complexity index is 32.0. The molecule has 0 aliphatic heterocycles. The second kappa shape index (κ2) is 82.0. The summed E-state index contributed by atoms with van der Waals surface area (Å²) in [6.45, 7) is -1.00. The molecule has 0 aromatic carbocycles. The van der Waals surface area contributed by atoms with Gasteiger partial charge in [-0.3, -0.25) is 0 Å². The van der Waals surface area contributed by atoms with Gasteiger partial charge in [0.25, 0.3) is 0 Å². The molecule has 4 N–H and O–H groups in total. The molecule has 0 spiro atoms. The van der Waals surface area contributed by atoms with Gasteiger partial charge in [0.2, 0.25) is 0 Å². The Labute approximate surface area is 88.4 Å². The maximum absolute atomic E-state index is 8.25. The zero-order valence-electron chi connectivity index (χ0n) is 4.49. The Morgan fingerprint density at radius 3 is 0.889 bits per heavy atom. The topological polar surface area (TPSA) is 143 Å². The number of hydrogen-bond donors (Lipinski definition) is 0. The quantitative estimate of drug-likeness (QED) is 0.292. The Kier molecular flexibility index (Phi) is 314. The Morgan fingerprint density at radius 1 is 0.889 bits per heavy atom.